The fraction of sp³-hybridized carbons (Fsp3) is 0.415. The summed E-state index contributed by atoms with van der Waals surface area (Å²) in [5.41, 5.74) is 2.62. The maximum atomic E-state index is 8.98. The highest BCUT2D eigenvalue weighted by Crippen LogP contribution is 2.12. The van der Waals surface area contributed by atoms with Crippen LogP contribution in [-0.2, 0) is 12.8 Å². The number of benzene rings is 4. The molecule has 0 aliphatic heterocycles. The normalized spacial score (nSPS) is 8.28. The summed E-state index contributed by atoms with van der Waals surface area (Å²) in [4.78, 5) is 0. The summed E-state index contributed by atoms with van der Waals surface area (Å²) in [7, 11) is 0. The second kappa shape index (κ2) is 40.6. The molecule has 4 rings (SSSR count). The molecule has 0 radical (unpaired) electrons. The van der Waals surface area contributed by atoms with Crippen molar-refractivity contribution < 1.29 is 10.2 Å². The number of aromatic hydroxyl groups is 2. The highest BCUT2D eigenvalue weighted by molar-refractivity contribution is 5.26. The number of hydrogen-bond acceptors (Lipinski definition) is 2. The van der Waals surface area contributed by atoms with Gasteiger partial charge in [-0.15, -0.1) is 0 Å². The summed E-state index contributed by atoms with van der Waals surface area (Å²) in [6.07, 6.45) is 9.64. The topological polar surface area (TPSA) is 40.5 Å². The van der Waals surface area contributed by atoms with Gasteiger partial charge in [-0.1, -0.05) is 186 Å². The van der Waals surface area contributed by atoms with Crippen molar-refractivity contribution in [2.75, 3.05) is 0 Å². The van der Waals surface area contributed by atoms with Gasteiger partial charge in [-0.25, -0.2) is 0 Å². The van der Waals surface area contributed by atoms with E-state index in [0.29, 0.717) is 11.5 Å². The van der Waals surface area contributed by atoms with Crippen LogP contribution in [0.25, 0.3) is 0 Å². The van der Waals surface area contributed by atoms with Crippen LogP contribution in [0.2, 0.25) is 0 Å². The molecule has 0 unspecified atom stereocenters. The number of rotatable bonds is 6. The SMILES string of the molecule is C.CC.CCC.CCC.CCCCc1ccc(O)cc1.CCCCc1ccc(O)cc1.c1ccccc1.c1ccccc1. The molecule has 242 valence electrons. The number of phenolic OH excluding ortho intramolecular Hbond substituents is 2. The van der Waals surface area contributed by atoms with Crippen LogP contribution in [0.3, 0.4) is 0 Å². The van der Waals surface area contributed by atoms with Crippen LogP contribution in [0.15, 0.2) is 121 Å². The molecule has 0 aliphatic carbocycles. The van der Waals surface area contributed by atoms with Crippen molar-refractivity contribution in [1.29, 1.82) is 0 Å². The van der Waals surface area contributed by atoms with Gasteiger partial charge in [0.2, 0.25) is 0 Å². The smallest absolute Gasteiger partial charge is 0.115 e. The van der Waals surface area contributed by atoms with E-state index in [4.69, 9.17) is 10.2 Å². The van der Waals surface area contributed by atoms with Crippen LogP contribution in [0, 0.1) is 0 Å². The van der Waals surface area contributed by atoms with E-state index in [1.165, 1.54) is 49.7 Å². The lowest BCUT2D eigenvalue weighted by Gasteiger charge is -1.98. The van der Waals surface area contributed by atoms with Gasteiger partial charge in [0, 0.05) is 0 Å². The van der Waals surface area contributed by atoms with Gasteiger partial charge in [-0.05, 0) is 61.1 Å². The average molecular weight is 591 g/mol. The van der Waals surface area contributed by atoms with Crippen molar-refractivity contribution >= 4 is 0 Å². The highest BCUT2D eigenvalue weighted by Gasteiger charge is 1.92. The minimum Gasteiger partial charge on any atom is -0.508 e. The van der Waals surface area contributed by atoms with E-state index in [2.05, 4.69) is 41.5 Å². The Kier molecular flexibility index (Phi) is 43.9. The molecule has 0 heterocycles. The van der Waals surface area contributed by atoms with Crippen molar-refractivity contribution in [2.45, 2.75) is 114 Å². The molecule has 0 saturated heterocycles. The molecule has 0 aliphatic rings. The number of aryl methyl sites for hydroxylation is 2. The molecule has 4 aromatic carbocycles. The zero-order valence-corrected chi connectivity index (χ0v) is 28.1. The van der Waals surface area contributed by atoms with Crippen LogP contribution < -0.4 is 0 Å². The van der Waals surface area contributed by atoms with E-state index in [0.717, 1.165) is 12.8 Å². The van der Waals surface area contributed by atoms with Crippen LogP contribution >= 0.6 is 0 Å². The molecule has 4 aromatic rings. The van der Waals surface area contributed by atoms with Crippen molar-refractivity contribution in [2.24, 2.45) is 0 Å². The maximum Gasteiger partial charge on any atom is 0.115 e. The van der Waals surface area contributed by atoms with Crippen molar-refractivity contribution in [3.8, 4) is 11.5 Å². The van der Waals surface area contributed by atoms with Gasteiger partial charge >= 0.3 is 0 Å². The quantitative estimate of drug-likeness (QED) is 0.234. The van der Waals surface area contributed by atoms with Gasteiger partial charge in [0.1, 0.15) is 11.5 Å². The highest BCUT2D eigenvalue weighted by atomic mass is 16.3. The zero-order chi connectivity index (χ0) is 32.1. The van der Waals surface area contributed by atoms with Gasteiger partial charge in [-0.3, -0.25) is 0 Å². The Labute approximate surface area is 267 Å². The molecule has 0 spiro atoms. The molecular formula is C41H66O2. The molecule has 2 nitrogen and oxygen atoms in total. The molecule has 0 fully saturated rings. The molecule has 0 aromatic heterocycles. The molecule has 43 heavy (non-hydrogen) atoms. The van der Waals surface area contributed by atoms with E-state index in [1.807, 2.05) is 111 Å². The van der Waals surface area contributed by atoms with Gasteiger partial charge in [0.15, 0.2) is 0 Å². The molecular weight excluding hydrogens is 524 g/mol. The van der Waals surface area contributed by atoms with E-state index in [-0.39, 0.29) is 7.43 Å². The molecule has 2 N–H and O–H groups in total. The van der Waals surface area contributed by atoms with Gasteiger partial charge in [0.25, 0.3) is 0 Å². The molecule has 0 bridgehead atoms. The maximum absolute atomic E-state index is 8.98. The first kappa shape index (κ1) is 46.4. The van der Waals surface area contributed by atoms with E-state index < -0.39 is 0 Å². The largest absolute Gasteiger partial charge is 0.508 e. The average Bonchev–Trinajstić information content (AvgIpc) is 3.05. The second-order valence-electron chi connectivity index (χ2n) is 9.26. The second-order valence-corrected chi connectivity index (χ2v) is 9.26. The Morgan fingerprint density at radius 2 is 0.581 bits per heavy atom. The number of unbranched alkanes of at least 4 members (excludes halogenated alkanes) is 2. The standard InChI is InChI=1S/2C10H14O.2C6H6.2C3H8.C2H6.CH4/c2*1-2-3-4-9-5-7-10(11)8-6-9;2*1-2-4-6-5-3-1;2*1-3-2;1-2;/h2*5-8,11H,2-4H2,1H3;2*1-6H;2*3H2,1-2H3;1-2H3;1H4. The summed E-state index contributed by atoms with van der Waals surface area (Å²) in [6, 6.07) is 38.9. The van der Waals surface area contributed by atoms with E-state index >= 15 is 0 Å². The minimum absolute atomic E-state index is 0. The Morgan fingerprint density at radius 3 is 0.744 bits per heavy atom. The van der Waals surface area contributed by atoms with Crippen LogP contribution in [0.5, 0.6) is 11.5 Å². The third-order valence-electron chi connectivity index (χ3n) is 4.84. The van der Waals surface area contributed by atoms with Crippen molar-refractivity contribution in [3.05, 3.63) is 132 Å². The molecule has 2 heteroatoms. The Morgan fingerprint density at radius 1 is 0.395 bits per heavy atom. The Bertz CT molecular complexity index is 814. The predicted molar refractivity (Wildman–Crippen MR) is 196 cm³/mol. The minimum atomic E-state index is 0. The van der Waals surface area contributed by atoms with E-state index in [9.17, 15) is 0 Å². The summed E-state index contributed by atoms with van der Waals surface area (Å²) in [6.45, 7) is 16.9. The summed E-state index contributed by atoms with van der Waals surface area (Å²) in [5, 5.41) is 18.0. The zero-order valence-electron chi connectivity index (χ0n) is 28.1. The fourth-order valence-electron chi connectivity index (χ4n) is 2.86. The molecule has 0 saturated carbocycles. The van der Waals surface area contributed by atoms with Gasteiger partial charge in [0.05, 0.1) is 0 Å². The monoisotopic (exact) mass is 591 g/mol. The molecule has 0 amide bonds. The Hall–Kier alpha value is -3.52. The first-order chi connectivity index (χ1) is 20.5. The number of phenols is 2. The first-order valence-electron chi connectivity index (χ1n) is 16.0. The van der Waals surface area contributed by atoms with Gasteiger partial charge in [-0.2, -0.15) is 0 Å². The summed E-state index contributed by atoms with van der Waals surface area (Å²) in [5.74, 6) is 0.704. The Balaban J connectivity index is -0.000000222. The van der Waals surface area contributed by atoms with Gasteiger partial charge < -0.3 is 10.2 Å². The van der Waals surface area contributed by atoms with Crippen LogP contribution in [-0.4, -0.2) is 10.2 Å². The van der Waals surface area contributed by atoms with Crippen molar-refractivity contribution in [1.82, 2.24) is 0 Å². The summed E-state index contributed by atoms with van der Waals surface area (Å²) < 4.78 is 0. The lowest BCUT2D eigenvalue weighted by Crippen LogP contribution is -1.82. The van der Waals surface area contributed by atoms with Crippen LogP contribution in [0.4, 0.5) is 0 Å². The number of hydrogen-bond donors (Lipinski definition) is 2. The lowest BCUT2D eigenvalue weighted by molar-refractivity contribution is 0.474. The summed E-state index contributed by atoms with van der Waals surface area (Å²) >= 11 is 0. The van der Waals surface area contributed by atoms with Crippen LogP contribution in [0.1, 0.15) is 112 Å². The fourth-order valence-corrected chi connectivity index (χ4v) is 2.86. The first-order valence-corrected chi connectivity index (χ1v) is 16.0. The third kappa shape index (κ3) is 38.5. The van der Waals surface area contributed by atoms with Crippen molar-refractivity contribution in [3.63, 3.8) is 0 Å². The van der Waals surface area contributed by atoms with E-state index in [1.54, 1.807) is 24.3 Å². The lowest BCUT2D eigenvalue weighted by atomic mass is 10.1. The third-order valence-corrected chi connectivity index (χ3v) is 4.84. The predicted octanol–water partition coefficient (Wildman–Crippen LogP) is 13.3. The molecule has 0 atom stereocenters.